The van der Waals surface area contributed by atoms with Crippen LogP contribution in [0.3, 0.4) is 0 Å². The summed E-state index contributed by atoms with van der Waals surface area (Å²) in [7, 11) is 0. The van der Waals surface area contributed by atoms with Crippen LogP contribution in [0, 0.1) is 30.1 Å². The van der Waals surface area contributed by atoms with E-state index in [0.717, 1.165) is 24.3 Å². The second kappa shape index (κ2) is 10.0. The summed E-state index contributed by atoms with van der Waals surface area (Å²) in [4.78, 5) is 0. The fraction of sp³-hybridized carbons (Fsp3) is 0.920. The molecule has 1 aromatic heterocycles. The molecule has 0 unspecified atom stereocenters. The molecule has 3 nitrogen and oxygen atoms in total. The van der Waals surface area contributed by atoms with E-state index in [4.69, 9.17) is 10.3 Å². The second-order valence-corrected chi connectivity index (χ2v) is 23.9. The standard InChI is InChI=1S/C13H20N3.3C4H9.Sn/c1-9-7-14-15-16(9)8-10-4-5-11-6-12(10)13(11,2)3;3*1-3-4-2;/h10-12H,4-6,8H2,1-3H3;3*1,3-4H2,2H3;/t10-,11-,12-;;;;/m0..../s1. The van der Waals surface area contributed by atoms with Gasteiger partial charge in [-0.25, -0.2) is 0 Å². The average Bonchev–Trinajstić information content (AvgIpc) is 3.08. The molecule has 0 aliphatic heterocycles. The first-order valence-electron chi connectivity index (χ1n) is 12.8. The molecule has 3 fully saturated rings. The Bertz CT molecular complexity index is 627. The van der Waals surface area contributed by atoms with Crippen LogP contribution in [0.1, 0.15) is 98.1 Å². The number of aromatic nitrogens is 3. The molecule has 3 aliphatic rings. The third kappa shape index (κ3) is 4.75. The normalized spacial score (nSPS) is 25.8. The van der Waals surface area contributed by atoms with Crippen molar-refractivity contribution in [2.24, 2.45) is 23.2 Å². The van der Waals surface area contributed by atoms with Crippen LogP contribution in [0.5, 0.6) is 0 Å². The van der Waals surface area contributed by atoms with Gasteiger partial charge >= 0.3 is 185 Å². The summed E-state index contributed by atoms with van der Waals surface area (Å²) in [5, 5.41) is 9.81. The van der Waals surface area contributed by atoms with Crippen molar-refractivity contribution in [3.63, 3.8) is 0 Å². The Labute approximate surface area is 184 Å². The van der Waals surface area contributed by atoms with Crippen molar-refractivity contribution in [3.8, 4) is 0 Å². The van der Waals surface area contributed by atoms with E-state index >= 15 is 0 Å². The molecule has 0 radical (unpaired) electrons. The molecular formula is C25H47N3Sn. The maximum absolute atomic E-state index is 4.99. The zero-order valence-corrected chi connectivity index (χ0v) is 23.1. The third-order valence-corrected chi connectivity index (χ3v) is 24.3. The number of nitrogens with zero attached hydrogens (tertiary/aromatic N) is 3. The first-order valence-corrected chi connectivity index (χ1v) is 20.3. The van der Waals surface area contributed by atoms with E-state index in [1.807, 2.05) is 0 Å². The molecule has 0 spiro atoms. The summed E-state index contributed by atoms with van der Waals surface area (Å²) in [6, 6.07) is 0. The van der Waals surface area contributed by atoms with E-state index < -0.39 is 18.4 Å². The van der Waals surface area contributed by atoms with Crippen molar-refractivity contribution in [1.82, 2.24) is 15.0 Å². The van der Waals surface area contributed by atoms with Crippen molar-refractivity contribution in [2.75, 3.05) is 0 Å². The van der Waals surface area contributed by atoms with Crippen LogP contribution in [-0.2, 0) is 6.54 Å². The molecule has 4 heteroatoms. The first-order chi connectivity index (χ1) is 13.9. The predicted octanol–water partition coefficient (Wildman–Crippen LogP) is 6.71. The van der Waals surface area contributed by atoms with Gasteiger partial charge < -0.3 is 0 Å². The molecule has 3 aliphatic carbocycles. The number of rotatable bonds is 12. The molecule has 3 saturated carbocycles. The molecule has 4 rings (SSSR count). The Morgan fingerprint density at radius 2 is 1.55 bits per heavy atom. The molecule has 3 atom stereocenters. The molecule has 0 N–H and O–H groups in total. The van der Waals surface area contributed by atoms with Crippen molar-refractivity contribution in [1.29, 1.82) is 0 Å². The molecule has 2 bridgehead atoms. The second-order valence-electron chi connectivity index (χ2n) is 11.0. The van der Waals surface area contributed by atoms with Gasteiger partial charge in [0.2, 0.25) is 0 Å². The summed E-state index contributed by atoms with van der Waals surface area (Å²) in [5.41, 5.74) is 2.02. The maximum atomic E-state index is 4.99. The zero-order chi connectivity index (χ0) is 21.1. The van der Waals surface area contributed by atoms with Gasteiger partial charge in [-0.2, -0.15) is 0 Å². The van der Waals surface area contributed by atoms with Crippen molar-refractivity contribution in [2.45, 2.75) is 119 Å². The fourth-order valence-electron chi connectivity index (χ4n) is 6.70. The molecule has 166 valence electrons. The van der Waals surface area contributed by atoms with Crippen molar-refractivity contribution in [3.05, 3.63) is 5.69 Å². The number of fused-ring (bicyclic) bond motifs is 2. The van der Waals surface area contributed by atoms with Gasteiger partial charge in [0, 0.05) is 0 Å². The Morgan fingerprint density at radius 3 is 2.03 bits per heavy atom. The third-order valence-electron chi connectivity index (χ3n) is 8.92. The van der Waals surface area contributed by atoms with E-state index in [2.05, 4.69) is 46.2 Å². The summed E-state index contributed by atoms with van der Waals surface area (Å²) < 4.78 is 8.38. The van der Waals surface area contributed by atoms with Gasteiger partial charge in [-0.3, -0.25) is 0 Å². The molecular weight excluding hydrogens is 461 g/mol. The Hall–Kier alpha value is -0.0613. The van der Waals surface area contributed by atoms with E-state index in [1.54, 1.807) is 3.71 Å². The van der Waals surface area contributed by atoms with Gasteiger partial charge in [-0.05, 0) is 0 Å². The van der Waals surface area contributed by atoms with Crippen LogP contribution in [0.15, 0.2) is 0 Å². The molecule has 0 amide bonds. The van der Waals surface area contributed by atoms with Gasteiger partial charge in [0.15, 0.2) is 0 Å². The van der Waals surface area contributed by atoms with Crippen LogP contribution in [-0.4, -0.2) is 33.4 Å². The average molecular weight is 508 g/mol. The number of unbranched alkanes of at least 4 members (excludes halogenated alkanes) is 3. The van der Waals surface area contributed by atoms with Crippen LogP contribution >= 0.6 is 0 Å². The van der Waals surface area contributed by atoms with E-state index in [-0.39, 0.29) is 0 Å². The summed E-state index contributed by atoms with van der Waals surface area (Å²) >= 11 is -2.48. The van der Waals surface area contributed by atoms with Crippen LogP contribution in [0.4, 0.5) is 0 Å². The van der Waals surface area contributed by atoms with Gasteiger partial charge in [-0.1, -0.05) is 0 Å². The predicted molar refractivity (Wildman–Crippen MR) is 127 cm³/mol. The molecule has 1 aromatic rings. The van der Waals surface area contributed by atoms with E-state index in [9.17, 15) is 0 Å². The van der Waals surface area contributed by atoms with Crippen LogP contribution in [0.2, 0.25) is 13.3 Å². The molecule has 0 saturated heterocycles. The summed E-state index contributed by atoms with van der Waals surface area (Å²) in [5.74, 6) is 2.70. The van der Waals surface area contributed by atoms with Crippen LogP contribution < -0.4 is 3.71 Å². The van der Waals surface area contributed by atoms with Crippen molar-refractivity contribution < 1.29 is 0 Å². The van der Waals surface area contributed by atoms with E-state index in [0.29, 0.717) is 5.41 Å². The zero-order valence-electron chi connectivity index (χ0n) is 20.3. The monoisotopic (exact) mass is 509 g/mol. The van der Waals surface area contributed by atoms with Gasteiger partial charge in [0.05, 0.1) is 0 Å². The van der Waals surface area contributed by atoms with Gasteiger partial charge in [-0.15, -0.1) is 0 Å². The van der Waals surface area contributed by atoms with Gasteiger partial charge in [0.25, 0.3) is 0 Å². The van der Waals surface area contributed by atoms with Crippen LogP contribution in [0.25, 0.3) is 0 Å². The topological polar surface area (TPSA) is 30.7 Å². The Kier molecular flexibility index (Phi) is 8.17. The van der Waals surface area contributed by atoms with Gasteiger partial charge in [0.1, 0.15) is 0 Å². The number of hydrogen-bond acceptors (Lipinski definition) is 2. The quantitative estimate of drug-likeness (QED) is 0.294. The first kappa shape index (κ1) is 23.6. The Morgan fingerprint density at radius 1 is 0.966 bits per heavy atom. The minimum atomic E-state index is -2.48. The van der Waals surface area contributed by atoms with E-state index in [1.165, 1.54) is 76.8 Å². The SMILES string of the molecule is CCC[CH2][Sn]([CH2]CCC)([CH2]CCC)[c]1nnn(C[C@@H]2CC[C@H]3C[C@@H]2C3(C)C)c1C. The summed E-state index contributed by atoms with van der Waals surface area (Å²) in [6.45, 7) is 15.6. The molecule has 29 heavy (non-hydrogen) atoms. The fourth-order valence-corrected chi connectivity index (χ4v) is 23.0. The minimum absolute atomic E-state index is 0.562. The number of hydrogen-bond donors (Lipinski definition) is 0. The molecule has 0 aromatic carbocycles. The summed E-state index contributed by atoms with van der Waals surface area (Å²) in [6.07, 6.45) is 12.5. The molecule has 1 heterocycles. The van der Waals surface area contributed by atoms with Crippen molar-refractivity contribution >= 4 is 22.1 Å². The Balaban J connectivity index is 1.82.